The summed E-state index contributed by atoms with van der Waals surface area (Å²) in [4.78, 5) is 0. The van der Waals surface area contributed by atoms with Gasteiger partial charge in [-0.2, -0.15) is 0 Å². The van der Waals surface area contributed by atoms with Gasteiger partial charge in [-0.05, 0) is 12.8 Å². The summed E-state index contributed by atoms with van der Waals surface area (Å²) in [6.07, 6.45) is 4.01. The number of alkyl halides is 1. The zero-order valence-electron chi connectivity index (χ0n) is 6.64. The summed E-state index contributed by atoms with van der Waals surface area (Å²) < 4.78 is 5.31. The fourth-order valence-corrected chi connectivity index (χ4v) is 0.665. The van der Waals surface area contributed by atoms with Crippen molar-refractivity contribution in [2.75, 3.05) is 18.5 Å². The van der Waals surface area contributed by atoms with Crippen LogP contribution in [-0.4, -0.2) is 18.5 Å². The molecule has 0 amide bonds. The van der Waals surface area contributed by atoms with Gasteiger partial charge in [0.25, 0.3) is 0 Å². The summed E-state index contributed by atoms with van der Waals surface area (Å²) in [5, 5.41) is 1.02. The van der Waals surface area contributed by atoms with E-state index >= 15 is 0 Å². The van der Waals surface area contributed by atoms with Gasteiger partial charge in [-0.1, -0.05) is 35.0 Å². The highest BCUT2D eigenvalue weighted by molar-refractivity contribution is 9.09. The van der Waals surface area contributed by atoms with Crippen LogP contribution >= 0.6 is 15.9 Å². The molecule has 0 N–H and O–H groups in total. The Balaban J connectivity index is 3.03. The summed E-state index contributed by atoms with van der Waals surface area (Å²) in [7, 11) is 0. The molecule has 0 aromatic rings. The molecule has 1 atom stereocenters. The number of halogens is 1. The van der Waals surface area contributed by atoms with Crippen molar-refractivity contribution in [3.05, 3.63) is 12.2 Å². The summed E-state index contributed by atoms with van der Waals surface area (Å²) in [5.41, 5.74) is 0. The highest BCUT2D eigenvalue weighted by Crippen LogP contribution is 1.99. The van der Waals surface area contributed by atoms with E-state index in [9.17, 15) is 0 Å². The Morgan fingerprint density at radius 1 is 1.60 bits per heavy atom. The Bertz CT molecular complexity index is 91.3. The van der Waals surface area contributed by atoms with E-state index in [-0.39, 0.29) is 0 Å². The number of rotatable bonds is 5. The van der Waals surface area contributed by atoms with E-state index < -0.39 is 0 Å². The van der Waals surface area contributed by atoms with Crippen LogP contribution in [0.15, 0.2) is 12.2 Å². The molecule has 1 unspecified atom stereocenters. The van der Waals surface area contributed by atoms with Gasteiger partial charge in [0.15, 0.2) is 0 Å². The predicted octanol–water partition coefficient (Wildman–Crippen LogP) is 2.61. The fourth-order valence-electron chi connectivity index (χ4n) is 0.478. The zero-order valence-corrected chi connectivity index (χ0v) is 8.23. The molecule has 0 aromatic carbocycles. The second-order valence-corrected chi connectivity index (χ2v) is 3.01. The Morgan fingerprint density at radius 2 is 2.30 bits per heavy atom. The normalized spacial score (nSPS) is 14.3. The van der Waals surface area contributed by atoms with Gasteiger partial charge < -0.3 is 4.74 Å². The quantitative estimate of drug-likeness (QED) is 0.382. The lowest BCUT2D eigenvalue weighted by molar-refractivity contribution is 0.136. The highest BCUT2D eigenvalue weighted by Gasteiger charge is 1.96. The molecule has 60 valence electrons. The third kappa shape index (κ3) is 6.30. The molecule has 0 aromatic heterocycles. The minimum atomic E-state index is 0.616. The topological polar surface area (TPSA) is 9.23 Å². The van der Waals surface area contributed by atoms with E-state index in [2.05, 4.69) is 22.9 Å². The van der Waals surface area contributed by atoms with Crippen molar-refractivity contribution in [1.29, 1.82) is 0 Å². The van der Waals surface area contributed by atoms with E-state index in [1.165, 1.54) is 0 Å². The summed E-state index contributed by atoms with van der Waals surface area (Å²) >= 11 is 3.39. The maximum absolute atomic E-state index is 5.31. The number of ether oxygens (including phenoxy) is 1. The van der Waals surface area contributed by atoms with Gasteiger partial charge in [-0.25, -0.2) is 0 Å². The van der Waals surface area contributed by atoms with Gasteiger partial charge in [-0.3, -0.25) is 0 Å². The molecular weight excluding hydrogens is 192 g/mol. The molecule has 0 heterocycles. The lowest BCUT2D eigenvalue weighted by Gasteiger charge is -2.05. The summed E-state index contributed by atoms with van der Waals surface area (Å²) in [5.74, 6) is 0.616. The number of hydrogen-bond acceptors (Lipinski definition) is 1. The maximum Gasteiger partial charge on any atom is 0.0647 e. The Kier molecular flexibility index (Phi) is 7.42. The average molecular weight is 207 g/mol. The molecular formula is C8H15BrO. The second-order valence-electron chi connectivity index (χ2n) is 2.37. The third-order valence-corrected chi connectivity index (χ3v) is 2.22. The molecule has 10 heavy (non-hydrogen) atoms. The average Bonchev–Trinajstić information content (AvgIpc) is 1.98. The number of allylic oxidation sites excluding steroid dienone is 1. The van der Waals surface area contributed by atoms with Crippen molar-refractivity contribution in [3.63, 3.8) is 0 Å². The van der Waals surface area contributed by atoms with Crippen LogP contribution in [0.25, 0.3) is 0 Å². The first-order chi connectivity index (χ1) is 4.81. The van der Waals surface area contributed by atoms with E-state index in [1.54, 1.807) is 0 Å². The first-order valence-electron chi connectivity index (χ1n) is 3.56. The molecule has 0 aliphatic heterocycles. The van der Waals surface area contributed by atoms with Gasteiger partial charge in [0, 0.05) is 5.33 Å². The largest absolute Gasteiger partial charge is 0.377 e. The van der Waals surface area contributed by atoms with Crippen molar-refractivity contribution in [2.24, 2.45) is 5.92 Å². The predicted molar refractivity (Wildman–Crippen MR) is 48.6 cm³/mol. The van der Waals surface area contributed by atoms with Crippen LogP contribution in [0.1, 0.15) is 13.8 Å². The zero-order chi connectivity index (χ0) is 7.82. The fraction of sp³-hybridized carbons (Fsp3) is 0.750. The van der Waals surface area contributed by atoms with Gasteiger partial charge in [0.1, 0.15) is 0 Å². The monoisotopic (exact) mass is 206 g/mol. The van der Waals surface area contributed by atoms with Crippen LogP contribution in [0.5, 0.6) is 0 Å². The van der Waals surface area contributed by atoms with E-state index in [0.29, 0.717) is 5.92 Å². The maximum atomic E-state index is 5.31. The summed E-state index contributed by atoms with van der Waals surface area (Å²) in [6, 6.07) is 0. The molecule has 0 aliphatic carbocycles. The van der Waals surface area contributed by atoms with E-state index in [4.69, 9.17) is 4.74 Å². The third-order valence-electron chi connectivity index (χ3n) is 1.12. The Hall–Kier alpha value is 0.180. The van der Waals surface area contributed by atoms with Crippen LogP contribution in [0.4, 0.5) is 0 Å². The highest BCUT2D eigenvalue weighted by atomic mass is 79.9. The molecule has 0 radical (unpaired) electrons. The molecule has 0 bridgehead atoms. The molecule has 1 nitrogen and oxygen atoms in total. The lowest BCUT2D eigenvalue weighted by atomic mass is 10.2. The van der Waals surface area contributed by atoms with Gasteiger partial charge in [0.05, 0.1) is 13.2 Å². The van der Waals surface area contributed by atoms with Crippen molar-refractivity contribution in [3.8, 4) is 0 Å². The van der Waals surface area contributed by atoms with Crippen molar-refractivity contribution in [1.82, 2.24) is 0 Å². The standard InChI is InChI=1S/C8H15BrO/c1-3-4-5-10-7-8(2)6-9/h3-4,8H,5-7H2,1-2H3. The van der Waals surface area contributed by atoms with Crippen LogP contribution in [0, 0.1) is 5.92 Å². The van der Waals surface area contributed by atoms with Gasteiger partial charge in [-0.15, -0.1) is 0 Å². The summed E-state index contributed by atoms with van der Waals surface area (Å²) in [6.45, 7) is 5.74. The molecule has 0 fully saturated rings. The van der Waals surface area contributed by atoms with Crippen molar-refractivity contribution < 1.29 is 4.74 Å². The molecule has 2 heteroatoms. The molecule has 0 aliphatic rings. The van der Waals surface area contributed by atoms with Crippen LogP contribution < -0.4 is 0 Å². The minimum Gasteiger partial charge on any atom is -0.377 e. The Labute approximate surface area is 71.6 Å². The van der Waals surface area contributed by atoms with Crippen LogP contribution in [0.2, 0.25) is 0 Å². The van der Waals surface area contributed by atoms with Crippen molar-refractivity contribution in [2.45, 2.75) is 13.8 Å². The minimum absolute atomic E-state index is 0.616. The van der Waals surface area contributed by atoms with Crippen molar-refractivity contribution >= 4 is 15.9 Å². The SMILES string of the molecule is CC=CCOCC(C)CBr. The van der Waals surface area contributed by atoms with Gasteiger partial charge in [0.2, 0.25) is 0 Å². The first kappa shape index (κ1) is 10.2. The van der Waals surface area contributed by atoms with Crippen LogP contribution in [0.3, 0.4) is 0 Å². The molecule has 0 rings (SSSR count). The number of hydrogen-bond donors (Lipinski definition) is 0. The Morgan fingerprint density at radius 3 is 2.80 bits per heavy atom. The van der Waals surface area contributed by atoms with Crippen LogP contribution in [-0.2, 0) is 4.74 Å². The first-order valence-corrected chi connectivity index (χ1v) is 4.68. The second kappa shape index (κ2) is 7.29. The smallest absolute Gasteiger partial charge is 0.0647 e. The van der Waals surface area contributed by atoms with Gasteiger partial charge >= 0.3 is 0 Å². The molecule has 0 spiro atoms. The van der Waals surface area contributed by atoms with E-state index in [1.807, 2.05) is 19.1 Å². The molecule has 0 saturated heterocycles. The molecule has 0 saturated carbocycles. The van der Waals surface area contributed by atoms with E-state index in [0.717, 1.165) is 18.5 Å². The lowest BCUT2D eigenvalue weighted by Crippen LogP contribution is -2.06.